The van der Waals surface area contributed by atoms with Crippen LogP contribution in [-0.4, -0.2) is 42.7 Å². The van der Waals surface area contributed by atoms with Crippen LogP contribution in [0, 0.1) is 5.92 Å². The molecule has 0 unspecified atom stereocenters. The molecule has 0 bridgehead atoms. The maximum Gasteiger partial charge on any atom is 0.224 e. The van der Waals surface area contributed by atoms with Crippen LogP contribution in [0.2, 0.25) is 0 Å². The van der Waals surface area contributed by atoms with Gasteiger partial charge in [-0.1, -0.05) is 18.9 Å². The van der Waals surface area contributed by atoms with Crippen molar-refractivity contribution in [1.29, 1.82) is 0 Å². The van der Waals surface area contributed by atoms with Crippen LogP contribution in [0.15, 0.2) is 48.8 Å². The number of nitrogens with zero attached hydrogens (tertiary/aromatic N) is 2. The SMILES string of the molecule is C[C@@H](CNC1CCN(c2cccc(NC(=O)CC3CCCC3)c2)CC1)Oc1cccnc1. The van der Waals surface area contributed by atoms with E-state index in [-0.39, 0.29) is 12.0 Å². The molecule has 0 spiro atoms. The molecule has 2 aromatic rings. The van der Waals surface area contributed by atoms with Crippen LogP contribution in [0.5, 0.6) is 5.75 Å². The summed E-state index contributed by atoms with van der Waals surface area (Å²) in [5.41, 5.74) is 2.10. The van der Waals surface area contributed by atoms with Crippen molar-refractivity contribution >= 4 is 17.3 Å². The van der Waals surface area contributed by atoms with E-state index in [1.165, 1.54) is 31.4 Å². The Kier molecular flexibility index (Phi) is 7.99. The van der Waals surface area contributed by atoms with Crippen molar-refractivity contribution in [1.82, 2.24) is 10.3 Å². The van der Waals surface area contributed by atoms with Gasteiger partial charge in [0.1, 0.15) is 11.9 Å². The van der Waals surface area contributed by atoms with Gasteiger partial charge in [-0.2, -0.15) is 0 Å². The Morgan fingerprint density at radius 2 is 1.97 bits per heavy atom. The predicted octanol–water partition coefficient (Wildman–Crippen LogP) is 4.63. The molecule has 2 N–H and O–H groups in total. The van der Waals surface area contributed by atoms with E-state index in [0.29, 0.717) is 18.4 Å². The smallest absolute Gasteiger partial charge is 0.224 e. The lowest BCUT2D eigenvalue weighted by Crippen LogP contribution is -2.45. The third-order valence-electron chi connectivity index (χ3n) is 6.60. The maximum atomic E-state index is 12.4. The molecule has 1 aromatic heterocycles. The highest BCUT2D eigenvalue weighted by Gasteiger charge is 2.21. The number of hydrogen-bond donors (Lipinski definition) is 2. The van der Waals surface area contributed by atoms with Crippen LogP contribution in [0.25, 0.3) is 0 Å². The Labute approximate surface area is 191 Å². The molecular formula is C26H36N4O2. The van der Waals surface area contributed by atoms with Gasteiger partial charge in [0, 0.05) is 49.7 Å². The molecule has 6 heteroatoms. The summed E-state index contributed by atoms with van der Waals surface area (Å²) < 4.78 is 5.91. The first kappa shape index (κ1) is 22.6. The summed E-state index contributed by atoms with van der Waals surface area (Å²) in [4.78, 5) is 18.9. The normalized spacial score (nSPS) is 18.5. The number of benzene rings is 1. The number of carbonyl (C=O) groups is 1. The molecule has 0 radical (unpaired) electrons. The molecule has 2 aliphatic rings. The fraction of sp³-hybridized carbons (Fsp3) is 0.538. The van der Waals surface area contributed by atoms with Gasteiger partial charge in [0.25, 0.3) is 0 Å². The average molecular weight is 437 g/mol. The second kappa shape index (κ2) is 11.3. The summed E-state index contributed by atoms with van der Waals surface area (Å²) in [6, 6.07) is 12.6. The lowest BCUT2D eigenvalue weighted by Gasteiger charge is -2.34. The molecular weight excluding hydrogens is 400 g/mol. The topological polar surface area (TPSA) is 66.5 Å². The summed E-state index contributed by atoms with van der Waals surface area (Å²) in [6.07, 6.45) is 11.4. The zero-order chi connectivity index (χ0) is 22.2. The van der Waals surface area contributed by atoms with Crippen molar-refractivity contribution in [3.05, 3.63) is 48.8 Å². The van der Waals surface area contributed by atoms with Gasteiger partial charge < -0.3 is 20.3 Å². The minimum atomic E-state index is 0.0988. The lowest BCUT2D eigenvalue weighted by molar-refractivity contribution is -0.117. The van der Waals surface area contributed by atoms with Gasteiger partial charge >= 0.3 is 0 Å². The Morgan fingerprint density at radius 3 is 2.72 bits per heavy atom. The fourth-order valence-corrected chi connectivity index (χ4v) is 4.83. The van der Waals surface area contributed by atoms with E-state index >= 15 is 0 Å². The van der Waals surface area contributed by atoms with Gasteiger partial charge in [-0.05, 0) is 68.9 Å². The van der Waals surface area contributed by atoms with E-state index in [9.17, 15) is 4.79 Å². The Bertz CT molecular complexity index is 846. The van der Waals surface area contributed by atoms with E-state index in [0.717, 1.165) is 43.9 Å². The molecule has 1 saturated carbocycles. The van der Waals surface area contributed by atoms with Gasteiger partial charge in [0.15, 0.2) is 0 Å². The van der Waals surface area contributed by atoms with Crippen LogP contribution in [0.4, 0.5) is 11.4 Å². The summed E-state index contributed by atoms with van der Waals surface area (Å²) in [5, 5.41) is 6.77. The quantitative estimate of drug-likeness (QED) is 0.600. The first-order valence-corrected chi connectivity index (χ1v) is 12.1. The van der Waals surface area contributed by atoms with Crippen molar-refractivity contribution in [2.75, 3.05) is 29.9 Å². The van der Waals surface area contributed by atoms with E-state index in [1.807, 2.05) is 24.3 Å². The van der Waals surface area contributed by atoms with Crippen molar-refractivity contribution in [2.24, 2.45) is 5.92 Å². The first-order valence-electron chi connectivity index (χ1n) is 12.1. The zero-order valence-electron chi connectivity index (χ0n) is 19.1. The van der Waals surface area contributed by atoms with E-state index < -0.39 is 0 Å². The van der Waals surface area contributed by atoms with Crippen LogP contribution in [0.1, 0.15) is 51.9 Å². The van der Waals surface area contributed by atoms with Crippen molar-refractivity contribution in [3.63, 3.8) is 0 Å². The van der Waals surface area contributed by atoms with E-state index in [2.05, 4.69) is 39.6 Å². The van der Waals surface area contributed by atoms with Gasteiger partial charge in [0.2, 0.25) is 5.91 Å². The Morgan fingerprint density at radius 1 is 1.16 bits per heavy atom. The van der Waals surface area contributed by atoms with Gasteiger partial charge in [0.05, 0.1) is 6.20 Å². The number of aromatic nitrogens is 1. The molecule has 1 aromatic carbocycles. The molecule has 2 fully saturated rings. The number of pyridine rings is 1. The molecule has 1 aliphatic carbocycles. The van der Waals surface area contributed by atoms with Crippen molar-refractivity contribution in [3.8, 4) is 5.75 Å². The largest absolute Gasteiger partial charge is 0.488 e. The standard InChI is InChI=1S/C26H36N4O2/c1-20(32-25-10-5-13-27-19-25)18-28-22-11-14-30(15-12-22)24-9-4-8-23(17-24)29-26(31)16-21-6-2-3-7-21/h4-5,8-10,13,17,19-22,28H,2-3,6-7,11-12,14-16,18H2,1H3,(H,29,31)/t20-/m0/s1. The molecule has 6 nitrogen and oxygen atoms in total. The molecule has 1 amide bonds. The minimum absolute atomic E-state index is 0.0988. The lowest BCUT2D eigenvalue weighted by atomic mass is 10.0. The highest BCUT2D eigenvalue weighted by Crippen LogP contribution is 2.28. The fourth-order valence-electron chi connectivity index (χ4n) is 4.83. The van der Waals surface area contributed by atoms with Crippen LogP contribution in [0.3, 0.4) is 0 Å². The molecule has 1 atom stereocenters. The number of hydrogen-bond acceptors (Lipinski definition) is 5. The Hall–Kier alpha value is -2.60. The summed E-state index contributed by atoms with van der Waals surface area (Å²) >= 11 is 0. The number of carbonyl (C=O) groups excluding carboxylic acids is 1. The highest BCUT2D eigenvalue weighted by molar-refractivity contribution is 5.91. The van der Waals surface area contributed by atoms with Crippen LogP contribution >= 0.6 is 0 Å². The molecule has 1 saturated heterocycles. The van der Waals surface area contributed by atoms with Gasteiger partial charge in [-0.25, -0.2) is 0 Å². The van der Waals surface area contributed by atoms with Crippen LogP contribution < -0.4 is 20.3 Å². The number of anilines is 2. The molecule has 2 heterocycles. The maximum absolute atomic E-state index is 12.4. The molecule has 4 rings (SSSR count). The summed E-state index contributed by atoms with van der Waals surface area (Å²) in [7, 11) is 0. The van der Waals surface area contributed by atoms with Gasteiger partial charge in [-0.15, -0.1) is 0 Å². The second-order valence-corrected chi connectivity index (χ2v) is 9.24. The average Bonchev–Trinajstić information content (AvgIpc) is 3.32. The summed E-state index contributed by atoms with van der Waals surface area (Å²) in [6.45, 7) is 4.92. The number of amides is 1. The predicted molar refractivity (Wildman–Crippen MR) is 129 cm³/mol. The van der Waals surface area contributed by atoms with Crippen molar-refractivity contribution in [2.45, 2.75) is 64.0 Å². The first-order chi connectivity index (χ1) is 15.7. The van der Waals surface area contributed by atoms with E-state index in [4.69, 9.17) is 4.74 Å². The minimum Gasteiger partial charge on any atom is -0.488 e. The van der Waals surface area contributed by atoms with Crippen molar-refractivity contribution < 1.29 is 9.53 Å². The monoisotopic (exact) mass is 436 g/mol. The number of piperidine rings is 1. The molecule has 172 valence electrons. The molecule has 1 aliphatic heterocycles. The van der Waals surface area contributed by atoms with Crippen LogP contribution in [-0.2, 0) is 4.79 Å². The Balaban J connectivity index is 1.20. The second-order valence-electron chi connectivity index (χ2n) is 9.24. The van der Waals surface area contributed by atoms with Gasteiger partial charge in [-0.3, -0.25) is 9.78 Å². The summed E-state index contributed by atoms with van der Waals surface area (Å²) in [5.74, 6) is 1.54. The number of rotatable bonds is 9. The molecule has 32 heavy (non-hydrogen) atoms. The number of ether oxygens (including phenoxy) is 1. The zero-order valence-corrected chi connectivity index (χ0v) is 19.1. The van der Waals surface area contributed by atoms with E-state index in [1.54, 1.807) is 12.4 Å². The third-order valence-corrected chi connectivity index (χ3v) is 6.60. The number of nitrogens with one attached hydrogen (secondary N) is 2. The third kappa shape index (κ3) is 6.70. The highest BCUT2D eigenvalue weighted by atomic mass is 16.5.